The van der Waals surface area contributed by atoms with E-state index in [1.54, 1.807) is 0 Å². The zero-order valence-electron chi connectivity index (χ0n) is 10.00. The lowest BCUT2D eigenvalue weighted by atomic mass is 9.82. The Bertz CT molecular complexity index is 144. The molecule has 1 fully saturated rings. The first-order valence-electron chi connectivity index (χ1n) is 6.18. The van der Waals surface area contributed by atoms with Gasteiger partial charge in [0.15, 0.2) is 0 Å². The molecule has 0 radical (unpaired) electrons. The fourth-order valence-corrected chi connectivity index (χ4v) is 2.73. The van der Waals surface area contributed by atoms with Crippen molar-refractivity contribution >= 4 is 0 Å². The van der Waals surface area contributed by atoms with Crippen LogP contribution in [0.3, 0.4) is 0 Å². The Morgan fingerprint density at radius 1 is 1.14 bits per heavy atom. The van der Waals surface area contributed by atoms with Gasteiger partial charge in [-0.25, -0.2) is 0 Å². The minimum Gasteiger partial charge on any atom is -0.328 e. The van der Waals surface area contributed by atoms with E-state index in [2.05, 4.69) is 25.7 Å². The van der Waals surface area contributed by atoms with Gasteiger partial charge in [0.1, 0.15) is 0 Å². The van der Waals surface area contributed by atoms with E-state index in [9.17, 15) is 0 Å². The predicted molar refractivity (Wildman–Crippen MR) is 62.3 cm³/mol. The minimum absolute atomic E-state index is 0.396. The summed E-state index contributed by atoms with van der Waals surface area (Å²) in [7, 11) is 0. The van der Waals surface area contributed by atoms with E-state index in [0.717, 1.165) is 12.0 Å². The van der Waals surface area contributed by atoms with Crippen LogP contribution < -0.4 is 5.73 Å². The Balaban J connectivity index is 2.34. The van der Waals surface area contributed by atoms with Crippen LogP contribution in [0.25, 0.3) is 0 Å². The van der Waals surface area contributed by atoms with Crippen molar-refractivity contribution in [2.75, 3.05) is 13.1 Å². The molecule has 1 aliphatic rings. The van der Waals surface area contributed by atoms with Gasteiger partial charge in [-0.3, -0.25) is 0 Å². The van der Waals surface area contributed by atoms with Crippen molar-refractivity contribution in [2.45, 2.75) is 58.5 Å². The van der Waals surface area contributed by atoms with Crippen molar-refractivity contribution in [3.63, 3.8) is 0 Å². The van der Waals surface area contributed by atoms with Gasteiger partial charge in [0, 0.05) is 12.1 Å². The van der Waals surface area contributed by atoms with Gasteiger partial charge in [-0.1, -0.05) is 13.8 Å². The monoisotopic (exact) mass is 198 g/mol. The SMILES string of the molecule is CCN(CC)C1CCC(C(C)N)CC1. The zero-order chi connectivity index (χ0) is 10.6. The minimum atomic E-state index is 0.396. The second-order valence-corrected chi connectivity index (χ2v) is 4.65. The van der Waals surface area contributed by atoms with E-state index in [4.69, 9.17) is 5.73 Å². The summed E-state index contributed by atoms with van der Waals surface area (Å²) in [4.78, 5) is 2.59. The second-order valence-electron chi connectivity index (χ2n) is 4.65. The summed E-state index contributed by atoms with van der Waals surface area (Å²) in [5.74, 6) is 0.779. The molecule has 84 valence electrons. The Morgan fingerprint density at radius 3 is 2.00 bits per heavy atom. The van der Waals surface area contributed by atoms with Crippen molar-refractivity contribution in [2.24, 2.45) is 11.7 Å². The molecule has 0 aromatic heterocycles. The summed E-state index contributed by atoms with van der Waals surface area (Å²) in [6, 6.07) is 1.23. The normalized spacial score (nSPS) is 30.6. The van der Waals surface area contributed by atoms with Crippen LogP contribution in [0.15, 0.2) is 0 Å². The molecule has 0 aliphatic heterocycles. The van der Waals surface area contributed by atoms with E-state index in [-0.39, 0.29) is 0 Å². The first-order valence-corrected chi connectivity index (χ1v) is 6.18. The predicted octanol–water partition coefficient (Wildman–Crippen LogP) is 2.23. The molecule has 2 heteroatoms. The molecule has 0 heterocycles. The van der Waals surface area contributed by atoms with E-state index >= 15 is 0 Å². The molecule has 2 N–H and O–H groups in total. The molecule has 0 bridgehead atoms. The van der Waals surface area contributed by atoms with Crippen LogP contribution >= 0.6 is 0 Å². The standard InChI is InChI=1S/C12H26N2/c1-4-14(5-2)12-8-6-11(7-9-12)10(3)13/h10-12H,4-9,13H2,1-3H3. The molecule has 0 amide bonds. The topological polar surface area (TPSA) is 29.3 Å². The van der Waals surface area contributed by atoms with Crippen LogP contribution in [0.4, 0.5) is 0 Å². The number of nitrogens with zero attached hydrogens (tertiary/aromatic N) is 1. The smallest absolute Gasteiger partial charge is 0.00952 e. The van der Waals surface area contributed by atoms with Crippen LogP contribution in [0.5, 0.6) is 0 Å². The van der Waals surface area contributed by atoms with Gasteiger partial charge in [0.05, 0.1) is 0 Å². The van der Waals surface area contributed by atoms with Crippen LogP contribution in [0, 0.1) is 5.92 Å². The maximum absolute atomic E-state index is 5.94. The van der Waals surface area contributed by atoms with Gasteiger partial charge in [-0.2, -0.15) is 0 Å². The molecule has 1 rings (SSSR count). The molecule has 2 nitrogen and oxygen atoms in total. The number of hydrogen-bond donors (Lipinski definition) is 1. The summed E-state index contributed by atoms with van der Waals surface area (Å²) in [5, 5.41) is 0. The molecule has 1 aliphatic carbocycles. The number of rotatable bonds is 4. The molecule has 0 aromatic carbocycles. The van der Waals surface area contributed by atoms with Gasteiger partial charge < -0.3 is 10.6 Å². The van der Waals surface area contributed by atoms with Crippen LogP contribution in [-0.2, 0) is 0 Å². The van der Waals surface area contributed by atoms with Crippen LogP contribution in [-0.4, -0.2) is 30.1 Å². The molecule has 0 saturated heterocycles. The number of hydrogen-bond acceptors (Lipinski definition) is 2. The van der Waals surface area contributed by atoms with Crippen molar-refractivity contribution in [1.82, 2.24) is 4.90 Å². The Hall–Kier alpha value is -0.0800. The van der Waals surface area contributed by atoms with Crippen LogP contribution in [0.2, 0.25) is 0 Å². The summed E-state index contributed by atoms with van der Waals surface area (Å²) in [6.45, 7) is 9.08. The molecule has 1 unspecified atom stereocenters. The third-order valence-corrected chi connectivity index (χ3v) is 3.81. The highest BCUT2D eigenvalue weighted by Gasteiger charge is 2.25. The molecule has 1 atom stereocenters. The molecule has 0 spiro atoms. The van der Waals surface area contributed by atoms with Crippen molar-refractivity contribution in [3.05, 3.63) is 0 Å². The summed E-state index contributed by atoms with van der Waals surface area (Å²) in [5.41, 5.74) is 5.94. The molecular formula is C12H26N2. The van der Waals surface area contributed by atoms with Crippen molar-refractivity contribution < 1.29 is 0 Å². The van der Waals surface area contributed by atoms with Gasteiger partial charge in [-0.05, 0) is 51.6 Å². The van der Waals surface area contributed by atoms with Crippen molar-refractivity contribution in [1.29, 1.82) is 0 Å². The van der Waals surface area contributed by atoms with E-state index in [1.807, 2.05) is 0 Å². The number of nitrogens with two attached hydrogens (primary N) is 1. The first kappa shape index (κ1) is 12.0. The second kappa shape index (κ2) is 5.72. The third kappa shape index (κ3) is 2.96. The van der Waals surface area contributed by atoms with Gasteiger partial charge in [0.2, 0.25) is 0 Å². The highest BCUT2D eigenvalue weighted by Crippen LogP contribution is 2.28. The highest BCUT2D eigenvalue weighted by atomic mass is 15.1. The summed E-state index contributed by atoms with van der Waals surface area (Å²) < 4.78 is 0. The molecule has 1 saturated carbocycles. The zero-order valence-corrected chi connectivity index (χ0v) is 10.00. The third-order valence-electron chi connectivity index (χ3n) is 3.81. The lowest BCUT2D eigenvalue weighted by Crippen LogP contribution is -2.40. The van der Waals surface area contributed by atoms with Gasteiger partial charge >= 0.3 is 0 Å². The fraction of sp³-hybridized carbons (Fsp3) is 1.00. The highest BCUT2D eigenvalue weighted by molar-refractivity contribution is 4.81. The fourth-order valence-electron chi connectivity index (χ4n) is 2.73. The first-order chi connectivity index (χ1) is 6.69. The van der Waals surface area contributed by atoms with Gasteiger partial charge in [0.25, 0.3) is 0 Å². The lowest BCUT2D eigenvalue weighted by molar-refractivity contribution is 0.142. The maximum Gasteiger partial charge on any atom is 0.00952 e. The molecule has 14 heavy (non-hydrogen) atoms. The molecular weight excluding hydrogens is 172 g/mol. The van der Waals surface area contributed by atoms with Crippen LogP contribution in [0.1, 0.15) is 46.5 Å². The Morgan fingerprint density at radius 2 is 1.64 bits per heavy atom. The van der Waals surface area contributed by atoms with Crippen molar-refractivity contribution in [3.8, 4) is 0 Å². The molecule has 0 aromatic rings. The largest absolute Gasteiger partial charge is 0.328 e. The lowest BCUT2D eigenvalue weighted by Gasteiger charge is -2.36. The van der Waals surface area contributed by atoms with Gasteiger partial charge in [-0.15, -0.1) is 0 Å². The average Bonchev–Trinajstić information content (AvgIpc) is 2.20. The summed E-state index contributed by atoms with van der Waals surface area (Å²) in [6.07, 6.45) is 5.37. The average molecular weight is 198 g/mol. The quantitative estimate of drug-likeness (QED) is 0.750. The van der Waals surface area contributed by atoms with E-state index in [1.165, 1.54) is 38.8 Å². The van der Waals surface area contributed by atoms with E-state index < -0.39 is 0 Å². The Kier molecular flexibility index (Phi) is 4.90. The Labute approximate surface area is 88.8 Å². The maximum atomic E-state index is 5.94. The van der Waals surface area contributed by atoms with E-state index in [0.29, 0.717) is 6.04 Å². The summed E-state index contributed by atoms with van der Waals surface area (Å²) >= 11 is 0.